The van der Waals surface area contributed by atoms with Gasteiger partial charge in [-0.05, 0) is 33.3 Å². The minimum atomic E-state index is -0.370. The predicted octanol–water partition coefficient (Wildman–Crippen LogP) is 2.06. The first-order valence-electron chi connectivity index (χ1n) is 6.67. The van der Waals surface area contributed by atoms with Crippen LogP contribution in [0.5, 0.6) is 6.01 Å². The van der Waals surface area contributed by atoms with Crippen LogP contribution in [0.1, 0.15) is 34.1 Å². The fourth-order valence-electron chi connectivity index (χ4n) is 1.47. The van der Waals surface area contributed by atoms with Crippen molar-refractivity contribution in [2.45, 2.75) is 39.7 Å². The van der Waals surface area contributed by atoms with E-state index in [1.54, 1.807) is 17.1 Å². The third-order valence-corrected chi connectivity index (χ3v) is 2.24. The highest BCUT2D eigenvalue weighted by Gasteiger charge is 2.16. The number of ether oxygens (including phenoxy) is 1. The van der Waals surface area contributed by atoms with E-state index in [-0.39, 0.29) is 11.6 Å². The molecule has 0 aliphatic rings. The number of nitrogens with zero attached hydrogens (tertiary/aromatic N) is 5. The van der Waals surface area contributed by atoms with Crippen LogP contribution < -0.4 is 10.1 Å². The van der Waals surface area contributed by atoms with Crippen LogP contribution in [0.15, 0.2) is 18.5 Å². The van der Waals surface area contributed by atoms with E-state index >= 15 is 0 Å². The first kappa shape index (κ1) is 14.2. The van der Waals surface area contributed by atoms with Gasteiger partial charge in [-0.15, -0.1) is 0 Å². The van der Waals surface area contributed by atoms with Gasteiger partial charge in [0.1, 0.15) is 5.60 Å². The molecule has 0 saturated carbocycles. The van der Waals surface area contributed by atoms with Gasteiger partial charge < -0.3 is 10.1 Å². The summed E-state index contributed by atoms with van der Waals surface area (Å²) in [6.07, 6.45) is 4.44. The number of anilines is 1. The van der Waals surface area contributed by atoms with E-state index in [2.05, 4.69) is 32.3 Å². The van der Waals surface area contributed by atoms with E-state index in [0.29, 0.717) is 11.9 Å². The third kappa shape index (κ3) is 3.91. The zero-order chi connectivity index (χ0) is 14.6. The van der Waals surface area contributed by atoms with Crippen molar-refractivity contribution in [2.75, 3.05) is 11.9 Å². The molecule has 0 bridgehead atoms. The average Bonchev–Trinajstić information content (AvgIpc) is 2.87. The summed E-state index contributed by atoms with van der Waals surface area (Å²) in [5.41, 5.74) is -0.370. The van der Waals surface area contributed by atoms with Crippen molar-refractivity contribution in [3.8, 4) is 12.0 Å². The molecule has 0 fully saturated rings. The fraction of sp³-hybridized carbons (Fsp3) is 0.538. The van der Waals surface area contributed by atoms with Crippen molar-refractivity contribution in [2.24, 2.45) is 0 Å². The summed E-state index contributed by atoms with van der Waals surface area (Å²) in [6, 6.07) is 2.10. The smallest absolute Gasteiger partial charge is 0.323 e. The van der Waals surface area contributed by atoms with E-state index in [9.17, 15) is 0 Å². The van der Waals surface area contributed by atoms with E-state index in [1.165, 1.54) is 0 Å². The Bertz CT molecular complexity index is 546. The Hall–Kier alpha value is -2.18. The van der Waals surface area contributed by atoms with Crippen molar-refractivity contribution in [3.05, 3.63) is 18.5 Å². The minimum absolute atomic E-state index is 0.289. The number of hydrogen-bond donors (Lipinski definition) is 1. The van der Waals surface area contributed by atoms with Crippen LogP contribution in [0.3, 0.4) is 0 Å². The predicted molar refractivity (Wildman–Crippen MR) is 76.1 cm³/mol. The average molecular weight is 276 g/mol. The summed E-state index contributed by atoms with van der Waals surface area (Å²) < 4.78 is 7.30. The highest BCUT2D eigenvalue weighted by Crippen LogP contribution is 2.16. The lowest BCUT2D eigenvalue weighted by Crippen LogP contribution is -2.25. The lowest BCUT2D eigenvalue weighted by molar-refractivity contribution is 0.116. The van der Waals surface area contributed by atoms with Crippen molar-refractivity contribution >= 4 is 5.95 Å². The zero-order valence-corrected chi connectivity index (χ0v) is 12.3. The molecule has 108 valence electrons. The van der Waals surface area contributed by atoms with E-state index in [4.69, 9.17) is 4.74 Å². The molecule has 0 amide bonds. The van der Waals surface area contributed by atoms with Crippen LogP contribution in [-0.4, -0.2) is 36.9 Å². The number of nitrogens with one attached hydrogen (secondary N) is 1. The summed E-state index contributed by atoms with van der Waals surface area (Å²) >= 11 is 0. The van der Waals surface area contributed by atoms with E-state index in [0.717, 1.165) is 13.0 Å². The van der Waals surface area contributed by atoms with Gasteiger partial charge in [-0.3, -0.25) is 0 Å². The quantitative estimate of drug-likeness (QED) is 0.900. The number of rotatable bonds is 5. The molecule has 7 nitrogen and oxygen atoms in total. The Morgan fingerprint density at radius 3 is 2.65 bits per heavy atom. The molecule has 0 radical (unpaired) electrons. The molecule has 0 saturated heterocycles. The van der Waals surface area contributed by atoms with Gasteiger partial charge >= 0.3 is 6.01 Å². The molecule has 2 aromatic rings. The molecule has 2 rings (SSSR count). The van der Waals surface area contributed by atoms with Gasteiger partial charge in [-0.25, -0.2) is 4.68 Å². The molecule has 1 N–H and O–H groups in total. The molecule has 20 heavy (non-hydrogen) atoms. The van der Waals surface area contributed by atoms with Gasteiger partial charge in [0.2, 0.25) is 5.95 Å². The molecule has 0 unspecified atom stereocenters. The normalized spacial score (nSPS) is 11.4. The fourth-order valence-corrected chi connectivity index (χ4v) is 1.47. The molecule has 0 aliphatic heterocycles. The monoisotopic (exact) mass is 276 g/mol. The standard InChI is InChI=1S/C13H20N6O/c1-5-7-14-10-16-11(19-9-6-8-15-19)18-12(17-10)20-13(2,3)4/h6,8-9H,5,7H2,1-4H3,(H,14,16,17,18). The Kier molecular flexibility index (Phi) is 4.16. The summed E-state index contributed by atoms with van der Waals surface area (Å²) in [4.78, 5) is 12.9. The molecule has 2 heterocycles. The van der Waals surface area contributed by atoms with Crippen LogP contribution >= 0.6 is 0 Å². The van der Waals surface area contributed by atoms with Gasteiger partial charge in [-0.1, -0.05) is 6.92 Å². The summed E-state index contributed by atoms with van der Waals surface area (Å²) in [7, 11) is 0. The topological polar surface area (TPSA) is 77.8 Å². The van der Waals surface area contributed by atoms with Crippen LogP contribution in [0.4, 0.5) is 5.95 Å². The second kappa shape index (κ2) is 5.85. The molecule has 7 heteroatoms. The van der Waals surface area contributed by atoms with Crippen LogP contribution in [0.2, 0.25) is 0 Å². The van der Waals surface area contributed by atoms with E-state index in [1.807, 2.05) is 26.8 Å². The van der Waals surface area contributed by atoms with Crippen LogP contribution in [0, 0.1) is 0 Å². The number of hydrogen-bond acceptors (Lipinski definition) is 6. The third-order valence-electron chi connectivity index (χ3n) is 2.24. The van der Waals surface area contributed by atoms with Crippen molar-refractivity contribution < 1.29 is 4.74 Å². The van der Waals surface area contributed by atoms with Crippen molar-refractivity contribution in [3.63, 3.8) is 0 Å². The second-order valence-electron chi connectivity index (χ2n) is 5.33. The minimum Gasteiger partial charge on any atom is -0.458 e. The highest BCUT2D eigenvalue weighted by molar-refractivity contribution is 5.30. The lowest BCUT2D eigenvalue weighted by atomic mass is 10.2. The van der Waals surface area contributed by atoms with Crippen LogP contribution in [0.25, 0.3) is 5.95 Å². The molecule has 2 aromatic heterocycles. The van der Waals surface area contributed by atoms with Gasteiger partial charge in [0, 0.05) is 18.9 Å². The van der Waals surface area contributed by atoms with Crippen molar-refractivity contribution in [1.82, 2.24) is 24.7 Å². The molecule has 0 spiro atoms. The number of aromatic nitrogens is 5. The molecular weight excluding hydrogens is 256 g/mol. The maximum absolute atomic E-state index is 5.72. The van der Waals surface area contributed by atoms with Crippen molar-refractivity contribution in [1.29, 1.82) is 0 Å². The Morgan fingerprint density at radius 2 is 2.05 bits per heavy atom. The maximum Gasteiger partial charge on any atom is 0.323 e. The maximum atomic E-state index is 5.72. The van der Waals surface area contributed by atoms with Gasteiger partial charge in [0.05, 0.1) is 0 Å². The SMILES string of the molecule is CCCNc1nc(OC(C)(C)C)nc(-n2cccn2)n1. The van der Waals surface area contributed by atoms with Gasteiger partial charge in [0.15, 0.2) is 0 Å². The lowest BCUT2D eigenvalue weighted by Gasteiger charge is -2.19. The highest BCUT2D eigenvalue weighted by atomic mass is 16.5. The largest absolute Gasteiger partial charge is 0.458 e. The summed E-state index contributed by atoms with van der Waals surface area (Å²) in [5, 5.41) is 7.27. The first-order valence-corrected chi connectivity index (χ1v) is 6.67. The van der Waals surface area contributed by atoms with E-state index < -0.39 is 0 Å². The summed E-state index contributed by atoms with van der Waals surface area (Å²) in [5.74, 6) is 0.925. The molecule has 0 aromatic carbocycles. The van der Waals surface area contributed by atoms with Gasteiger partial charge in [-0.2, -0.15) is 20.1 Å². The second-order valence-corrected chi connectivity index (χ2v) is 5.33. The van der Waals surface area contributed by atoms with Crippen LogP contribution in [-0.2, 0) is 0 Å². The zero-order valence-electron chi connectivity index (χ0n) is 12.3. The Labute approximate surface area is 118 Å². The Balaban J connectivity index is 2.33. The first-order chi connectivity index (χ1) is 9.48. The summed E-state index contributed by atoms with van der Waals surface area (Å²) in [6.45, 7) is 8.71. The molecule has 0 atom stereocenters. The Morgan fingerprint density at radius 1 is 1.25 bits per heavy atom. The molecular formula is C13H20N6O. The van der Waals surface area contributed by atoms with Gasteiger partial charge in [0.25, 0.3) is 5.95 Å². The molecule has 0 aliphatic carbocycles.